The third kappa shape index (κ3) is 3.83. The molecule has 0 saturated carbocycles. The zero-order valence-corrected chi connectivity index (χ0v) is 14.9. The van der Waals surface area contributed by atoms with Gasteiger partial charge in [0, 0.05) is 12.6 Å². The molecule has 3 rings (SSSR count). The van der Waals surface area contributed by atoms with Gasteiger partial charge in [-0.25, -0.2) is 8.78 Å². The highest BCUT2D eigenvalue weighted by Gasteiger charge is 2.15. The normalized spacial score (nSPS) is 12.3. The predicted molar refractivity (Wildman–Crippen MR) is 94.4 cm³/mol. The highest BCUT2D eigenvalue weighted by atomic mass is 32.1. The molecule has 4 nitrogen and oxygen atoms in total. The van der Waals surface area contributed by atoms with Crippen molar-refractivity contribution in [1.82, 2.24) is 14.3 Å². The number of halogens is 2. The molecule has 1 unspecified atom stereocenters. The number of nitrogens with one attached hydrogen (secondary N) is 1. The van der Waals surface area contributed by atoms with E-state index in [-0.39, 0.29) is 11.6 Å². The van der Waals surface area contributed by atoms with Gasteiger partial charge in [0.15, 0.2) is 12.5 Å². The molecule has 1 N–H and O–H groups in total. The van der Waals surface area contributed by atoms with Crippen LogP contribution < -0.4 is 4.90 Å². The van der Waals surface area contributed by atoms with Crippen LogP contribution in [0.3, 0.4) is 0 Å². The van der Waals surface area contributed by atoms with Crippen molar-refractivity contribution in [1.29, 1.82) is 0 Å². The van der Waals surface area contributed by atoms with E-state index in [0.29, 0.717) is 29.4 Å². The van der Waals surface area contributed by atoms with Crippen LogP contribution in [0.4, 0.5) is 8.78 Å². The maximum absolute atomic E-state index is 14.0. The molecule has 0 aliphatic carbocycles. The van der Waals surface area contributed by atoms with Gasteiger partial charge in [-0.1, -0.05) is 24.3 Å². The average molecular weight is 361 g/mol. The Hall–Kier alpha value is -2.38. The van der Waals surface area contributed by atoms with Crippen LogP contribution in [0.5, 0.6) is 0 Å². The van der Waals surface area contributed by atoms with E-state index >= 15 is 0 Å². The molecule has 0 spiro atoms. The second-order valence-electron chi connectivity index (χ2n) is 6.06. The van der Waals surface area contributed by atoms with Gasteiger partial charge in [-0.15, -0.1) is 5.10 Å². The zero-order valence-electron chi connectivity index (χ0n) is 14.0. The fourth-order valence-corrected chi connectivity index (χ4v) is 2.92. The molecule has 0 aliphatic heterocycles. The second-order valence-corrected chi connectivity index (χ2v) is 6.43. The minimum absolute atomic E-state index is 0.247. The Morgan fingerprint density at radius 2 is 1.76 bits per heavy atom. The molecule has 0 radical (unpaired) electrons. The smallest absolute Gasteiger partial charge is 0.202 e. The summed E-state index contributed by atoms with van der Waals surface area (Å²) in [6.07, 6.45) is 0. The quantitative estimate of drug-likeness (QED) is 0.707. The number of nitrogens with zero attached hydrogens (tertiary/aromatic N) is 3. The van der Waals surface area contributed by atoms with Crippen molar-refractivity contribution in [2.75, 3.05) is 7.05 Å². The van der Waals surface area contributed by atoms with Gasteiger partial charge < -0.3 is 9.47 Å². The first kappa shape index (κ1) is 17.4. The number of hydrogen-bond acceptors (Lipinski definition) is 2. The standard InChI is InChI=1S/C18H18F2N4S/c1-22(11-13-7-9-14(19)10-8-13)12-24-18(25)23(2)17(21-24)15-5-3-4-6-16(15)20/h3-10H,11-12H2,1-2H3/p+1. The van der Waals surface area contributed by atoms with Gasteiger partial charge in [-0.2, -0.15) is 4.68 Å². The molecule has 0 bridgehead atoms. The van der Waals surface area contributed by atoms with Crippen molar-refractivity contribution in [3.63, 3.8) is 0 Å². The van der Waals surface area contributed by atoms with Crippen LogP contribution in [0, 0.1) is 16.4 Å². The molecule has 7 heteroatoms. The molecule has 2 aromatic carbocycles. The van der Waals surface area contributed by atoms with Crippen LogP contribution in [0.25, 0.3) is 11.4 Å². The number of hydrogen-bond donors (Lipinski definition) is 1. The molecule has 130 valence electrons. The van der Waals surface area contributed by atoms with Crippen LogP contribution in [-0.4, -0.2) is 21.4 Å². The minimum atomic E-state index is -0.329. The third-order valence-corrected chi connectivity index (χ3v) is 4.48. The lowest BCUT2D eigenvalue weighted by Gasteiger charge is -2.13. The summed E-state index contributed by atoms with van der Waals surface area (Å²) in [4.78, 5) is 1.13. The first-order valence-electron chi connectivity index (χ1n) is 7.90. The Labute approximate surface area is 149 Å². The largest absolute Gasteiger partial charge is 0.315 e. The van der Waals surface area contributed by atoms with Crippen LogP contribution in [0.1, 0.15) is 5.56 Å². The van der Waals surface area contributed by atoms with Crippen molar-refractivity contribution in [3.05, 3.63) is 70.5 Å². The summed E-state index contributed by atoms with van der Waals surface area (Å²) in [7, 11) is 3.78. The highest BCUT2D eigenvalue weighted by molar-refractivity contribution is 7.71. The summed E-state index contributed by atoms with van der Waals surface area (Å²) in [6.45, 7) is 1.23. The Bertz CT molecular complexity index is 931. The summed E-state index contributed by atoms with van der Waals surface area (Å²) in [5.41, 5.74) is 1.45. The molecule has 1 atom stereocenters. The number of quaternary nitrogens is 1. The van der Waals surface area contributed by atoms with Gasteiger partial charge >= 0.3 is 0 Å². The third-order valence-electron chi connectivity index (χ3n) is 3.99. The van der Waals surface area contributed by atoms with Crippen LogP contribution >= 0.6 is 12.2 Å². The fraction of sp³-hybridized carbons (Fsp3) is 0.222. The van der Waals surface area contributed by atoms with Gasteiger partial charge in [-0.05, 0) is 36.5 Å². The van der Waals surface area contributed by atoms with Crippen LogP contribution in [-0.2, 0) is 20.3 Å². The zero-order chi connectivity index (χ0) is 18.0. The number of aromatic nitrogens is 3. The van der Waals surface area contributed by atoms with Gasteiger partial charge in [0.2, 0.25) is 4.77 Å². The predicted octanol–water partition coefficient (Wildman–Crippen LogP) is 2.57. The fourth-order valence-electron chi connectivity index (χ4n) is 2.73. The summed E-state index contributed by atoms with van der Waals surface area (Å²) >= 11 is 5.44. The molecule has 0 saturated heterocycles. The van der Waals surface area contributed by atoms with E-state index in [1.165, 1.54) is 18.2 Å². The molecule has 0 aliphatic rings. The van der Waals surface area contributed by atoms with Crippen molar-refractivity contribution in [2.24, 2.45) is 7.05 Å². The maximum atomic E-state index is 14.0. The molecular weight excluding hydrogens is 342 g/mol. The first-order valence-corrected chi connectivity index (χ1v) is 8.31. The van der Waals surface area contributed by atoms with E-state index in [2.05, 4.69) is 5.10 Å². The van der Waals surface area contributed by atoms with Gasteiger partial charge in [0.25, 0.3) is 0 Å². The number of rotatable bonds is 5. The maximum Gasteiger partial charge on any atom is 0.202 e. The van der Waals surface area contributed by atoms with Gasteiger partial charge in [-0.3, -0.25) is 0 Å². The van der Waals surface area contributed by atoms with Crippen molar-refractivity contribution in [3.8, 4) is 11.4 Å². The van der Waals surface area contributed by atoms with E-state index in [4.69, 9.17) is 12.2 Å². The highest BCUT2D eigenvalue weighted by Crippen LogP contribution is 2.20. The second kappa shape index (κ2) is 7.25. The molecule has 0 fully saturated rings. The van der Waals surface area contributed by atoms with Crippen molar-refractivity contribution in [2.45, 2.75) is 13.2 Å². The molecule has 0 amide bonds. The van der Waals surface area contributed by atoms with Crippen LogP contribution in [0.15, 0.2) is 48.5 Å². The lowest BCUT2D eigenvalue weighted by molar-refractivity contribution is -0.917. The SMILES string of the molecule is Cn1c(-c2ccccc2F)nn(C[NH+](C)Cc2ccc(F)cc2)c1=S. The van der Waals surface area contributed by atoms with E-state index < -0.39 is 0 Å². The molecule has 1 aromatic heterocycles. The average Bonchev–Trinajstić information content (AvgIpc) is 2.86. The lowest BCUT2D eigenvalue weighted by atomic mass is 10.2. The monoisotopic (exact) mass is 361 g/mol. The van der Waals surface area contributed by atoms with Crippen molar-refractivity contribution < 1.29 is 13.7 Å². The molecule has 25 heavy (non-hydrogen) atoms. The summed E-state index contributed by atoms with van der Waals surface area (Å²) < 4.78 is 31.0. The van der Waals surface area contributed by atoms with Gasteiger partial charge in [0.1, 0.15) is 18.2 Å². The summed E-state index contributed by atoms with van der Waals surface area (Å²) in [6, 6.07) is 12.9. The minimum Gasteiger partial charge on any atom is -0.315 e. The number of benzene rings is 2. The lowest BCUT2D eigenvalue weighted by Crippen LogP contribution is -3.07. The van der Waals surface area contributed by atoms with E-state index in [1.54, 1.807) is 46.6 Å². The molecule has 3 aromatic rings. The topological polar surface area (TPSA) is 27.2 Å². The first-order chi connectivity index (χ1) is 12.0. The summed E-state index contributed by atoms with van der Waals surface area (Å²) in [5.74, 6) is -0.0784. The van der Waals surface area contributed by atoms with E-state index in [9.17, 15) is 8.78 Å². The molecule has 1 heterocycles. The Kier molecular flexibility index (Phi) is 5.06. The summed E-state index contributed by atoms with van der Waals surface area (Å²) in [5, 5.41) is 4.49. The van der Waals surface area contributed by atoms with Crippen molar-refractivity contribution >= 4 is 12.2 Å². The Morgan fingerprint density at radius 3 is 2.44 bits per heavy atom. The van der Waals surface area contributed by atoms with E-state index in [1.807, 2.05) is 7.05 Å². The Balaban J connectivity index is 1.81. The van der Waals surface area contributed by atoms with Crippen LogP contribution in [0.2, 0.25) is 0 Å². The molecular formula is C18H19F2N4S+. The van der Waals surface area contributed by atoms with E-state index in [0.717, 1.165) is 10.5 Å². The Morgan fingerprint density at radius 1 is 1.08 bits per heavy atom. The van der Waals surface area contributed by atoms with Gasteiger partial charge in [0.05, 0.1) is 12.6 Å².